The van der Waals surface area contributed by atoms with Crippen molar-refractivity contribution in [1.29, 1.82) is 0 Å². The van der Waals surface area contributed by atoms with Gasteiger partial charge in [0.2, 0.25) is 0 Å². The van der Waals surface area contributed by atoms with Gasteiger partial charge in [0.05, 0.1) is 0 Å². The number of nitrogens with zero attached hydrogens (tertiary/aromatic N) is 1. The van der Waals surface area contributed by atoms with Crippen molar-refractivity contribution in [2.75, 3.05) is 5.73 Å². The summed E-state index contributed by atoms with van der Waals surface area (Å²) < 4.78 is 0. The number of halogens is 1. The maximum atomic E-state index is 6.17. The van der Waals surface area contributed by atoms with Gasteiger partial charge in [-0.15, -0.1) is 11.8 Å². The molecular weight excluding hydrogens is 252 g/mol. The third kappa shape index (κ3) is 3.38. The molecule has 88 valence electrons. The van der Waals surface area contributed by atoms with Gasteiger partial charge >= 0.3 is 0 Å². The lowest BCUT2D eigenvalue weighted by molar-refractivity contribution is 1.24. The molecule has 0 aliphatic carbocycles. The predicted molar refractivity (Wildman–Crippen MR) is 74.4 cm³/mol. The first-order valence-electron chi connectivity index (χ1n) is 5.24. The van der Waals surface area contributed by atoms with Gasteiger partial charge < -0.3 is 5.73 Å². The first kappa shape index (κ1) is 12.3. The zero-order valence-corrected chi connectivity index (χ0v) is 11.1. The molecule has 2 nitrogen and oxygen atoms in total. The highest BCUT2D eigenvalue weighted by atomic mass is 35.5. The van der Waals surface area contributed by atoms with Crippen LogP contribution in [0.15, 0.2) is 41.4 Å². The minimum Gasteiger partial charge on any atom is -0.384 e. The zero-order chi connectivity index (χ0) is 12.3. The molecule has 0 amide bonds. The number of nitrogen functional groups attached to an aromatic ring is 1. The van der Waals surface area contributed by atoms with Crippen molar-refractivity contribution in [3.8, 4) is 0 Å². The lowest BCUT2D eigenvalue weighted by atomic mass is 10.2. The van der Waals surface area contributed by atoms with E-state index in [9.17, 15) is 0 Å². The second-order valence-electron chi connectivity index (χ2n) is 3.80. The summed E-state index contributed by atoms with van der Waals surface area (Å²) in [6.45, 7) is 2.03. The van der Waals surface area contributed by atoms with E-state index in [0.29, 0.717) is 5.82 Å². The quantitative estimate of drug-likeness (QED) is 0.854. The van der Waals surface area contributed by atoms with Crippen LogP contribution in [0.4, 0.5) is 5.82 Å². The average molecular weight is 265 g/mol. The molecule has 2 N–H and O–H groups in total. The summed E-state index contributed by atoms with van der Waals surface area (Å²) in [4.78, 5) is 5.15. The van der Waals surface area contributed by atoms with Crippen LogP contribution >= 0.6 is 23.4 Å². The molecule has 0 saturated heterocycles. The number of hydrogen-bond donors (Lipinski definition) is 1. The Morgan fingerprint density at radius 2 is 2.12 bits per heavy atom. The fourth-order valence-corrected chi connectivity index (χ4v) is 2.65. The Hall–Kier alpha value is -1.19. The van der Waals surface area contributed by atoms with Crippen molar-refractivity contribution < 1.29 is 0 Å². The van der Waals surface area contributed by atoms with Crippen LogP contribution < -0.4 is 5.73 Å². The van der Waals surface area contributed by atoms with E-state index in [-0.39, 0.29) is 0 Å². The molecule has 0 atom stereocenters. The second-order valence-corrected chi connectivity index (χ2v) is 5.26. The molecule has 1 heterocycles. The first-order valence-corrected chi connectivity index (χ1v) is 6.61. The number of benzene rings is 1. The number of thioether (sulfide) groups is 1. The second kappa shape index (κ2) is 5.43. The Bertz CT molecular complexity index is 511. The highest BCUT2D eigenvalue weighted by Gasteiger charge is 2.02. The summed E-state index contributed by atoms with van der Waals surface area (Å²) in [5, 5.41) is 0.820. The van der Waals surface area contributed by atoms with Crippen LogP contribution in [0.2, 0.25) is 5.02 Å². The van der Waals surface area contributed by atoms with Crippen molar-refractivity contribution in [1.82, 2.24) is 4.98 Å². The van der Waals surface area contributed by atoms with Gasteiger partial charge in [-0.25, -0.2) is 4.98 Å². The molecule has 0 aliphatic heterocycles. The Morgan fingerprint density at radius 1 is 1.29 bits per heavy atom. The number of pyridine rings is 1. The van der Waals surface area contributed by atoms with Crippen LogP contribution in [0.1, 0.15) is 11.1 Å². The van der Waals surface area contributed by atoms with E-state index in [1.54, 1.807) is 24.0 Å². The fraction of sp³-hybridized carbons (Fsp3) is 0.154. The van der Waals surface area contributed by atoms with E-state index in [2.05, 4.69) is 17.1 Å². The van der Waals surface area contributed by atoms with Crippen LogP contribution in [-0.4, -0.2) is 4.98 Å². The Morgan fingerprint density at radius 3 is 2.76 bits per heavy atom. The molecule has 2 rings (SSSR count). The molecule has 0 radical (unpaired) electrons. The molecule has 2 aromatic rings. The number of aryl methyl sites for hydroxylation is 1. The lowest BCUT2D eigenvalue weighted by Gasteiger charge is -2.05. The van der Waals surface area contributed by atoms with Gasteiger partial charge in [0, 0.05) is 21.9 Å². The van der Waals surface area contributed by atoms with Crippen LogP contribution in [0, 0.1) is 6.92 Å². The number of anilines is 1. The number of hydrogen-bond acceptors (Lipinski definition) is 3. The Labute approximate surface area is 110 Å². The summed E-state index contributed by atoms with van der Waals surface area (Å²) in [5.74, 6) is 1.38. The lowest BCUT2D eigenvalue weighted by Crippen LogP contribution is -1.89. The van der Waals surface area contributed by atoms with Crippen molar-refractivity contribution in [3.05, 3.63) is 52.7 Å². The largest absolute Gasteiger partial charge is 0.384 e. The maximum absolute atomic E-state index is 6.17. The highest BCUT2D eigenvalue weighted by molar-refractivity contribution is 7.98. The van der Waals surface area contributed by atoms with Crippen molar-refractivity contribution in [3.63, 3.8) is 0 Å². The molecule has 0 aliphatic rings. The molecule has 17 heavy (non-hydrogen) atoms. The highest BCUT2D eigenvalue weighted by Crippen LogP contribution is 2.27. The maximum Gasteiger partial charge on any atom is 0.123 e. The van der Waals surface area contributed by atoms with Gasteiger partial charge in [0.25, 0.3) is 0 Å². The van der Waals surface area contributed by atoms with Crippen LogP contribution in [0.5, 0.6) is 0 Å². The molecular formula is C13H13ClN2S. The van der Waals surface area contributed by atoms with Gasteiger partial charge in [0.15, 0.2) is 0 Å². The van der Waals surface area contributed by atoms with Gasteiger partial charge in [0.1, 0.15) is 5.82 Å². The topological polar surface area (TPSA) is 38.9 Å². The summed E-state index contributed by atoms with van der Waals surface area (Å²) in [5.41, 5.74) is 7.85. The number of rotatable bonds is 3. The third-order valence-corrected chi connectivity index (χ3v) is 3.74. The summed E-state index contributed by atoms with van der Waals surface area (Å²) >= 11 is 7.87. The molecule has 0 bridgehead atoms. The third-order valence-electron chi connectivity index (χ3n) is 2.36. The molecule has 0 spiro atoms. The summed E-state index contributed by atoms with van der Waals surface area (Å²) in [6.07, 6.45) is 1.78. The summed E-state index contributed by atoms with van der Waals surface area (Å²) in [7, 11) is 0. The predicted octanol–water partition coefficient (Wildman–Crippen LogP) is 3.92. The molecule has 0 saturated carbocycles. The molecule has 1 aromatic heterocycles. The first-order chi connectivity index (χ1) is 8.15. The van der Waals surface area contributed by atoms with Crippen LogP contribution in [0.25, 0.3) is 0 Å². The number of aromatic nitrogens is 1. The summed E-state index contributed by atoms with van der Waals surface area (Å²) in [6, 6.07) is 9.89. The van der Waals surface area contributed by atoms with E-state index in [0.717, 1.165) is 21.2 Å². The fourth-order valence-electron chi connectivity index (χ4n) is 1.41. The van der Waals surface area contributed by atoms with Crippen molar-refractivity contribution >= 4 is 29.2 Å². The zero-order valence-electron chi connectivity index (χ0n) is 9.48. The van der Waals surface area contributed by atoms with E-state index in [4.69, 9.17) is 17.3 Å². The van der Waals surface area contributed by atoms with E-state index in [1.165, 1.54) is 5.56 Å². The van der Waals surface area contributed by atoms with Crippen molar-refractivity contribution in [2.24, 2.45) is 0 Å². The van der Waals surface area contributed by atoms with Gasteiger partial charge in [-0.05, 0) is 36.2 Å². The minimum absolute atomic E-state index is 0.544. The Kier molecular flexibility index (Phi) is 3.92. The van der Waals surface area contributed by atoms with Gasteiger partial charge in [-0.2, -0.15) is 0 Å². The van der Waals surface area contributed by atoms with Gasteiger partial charge in [-0.3, -0.25) is 0 Å². The Balaban J connectivity index is 2.04. The average Bonchev–Trinajstić information content (AvgIpc) is 2.30. The SMILES string of the molecule is Cc1ccc(CSc2ccc(N)nc2)c(Cl)c1. The molecule has 1 aromatic carbocycles. The van der Waals surface area contributed by atoms with E-state index in [1.807, 2.05) is 19.1 Å². The van der Waals surface area contributed by atoms with Crippen LogP contribution in [0.3, 0.4) is 0 Å². The van der Waals surface area contributed by atoms with E-state index < -0.39 is 0 Å². The molecule has 0 unspecified atom stereocenters. The standard InChI is InChI=1S/C13H13ClN2S/c1-9-2-3-10(12(14)6-9)8-17-11-4-5-13(15)16-7-11/h2-7H,8H2,1H3,(H2,15,16). The minimum atomic E-state index is 0.544. The normalized spacial score (nSPS) is 10.5. The van der Waals surface area contributed by atoms with Gasteiger partial charge in [-0.1, -0.05) is 23.7 Å². The van der Waals surface area contributed by atoms with E-state index >= 15 is 0 Å². The monoisotopic (exact) mass is 264 g/mol. The molecule has 0 fully saturated rings. The smallest absolute Gasteiger partial charge is 0.123 e. The van der Waals surface area contributed by atoms with Crippen LogP contribution in [-0.2, 0) is 5.75 Å². The number of nitrogens with two attached hydrogens (primary N) is 1. The molecule has 4 heteroatoms. The van der Waals surface area contributed by atoms with Crippen molar-refractivity contribution in [2.45, 2.75) is 17.6 Å².